The Morgan fingerprint density at radius 1 is 1.12 bits per heavy atom. The quantitative estimate of drug-likeness (QED) is 0.451. The highest BCUT2D eigenvalue weighted by atomic mass is 32.2. The van der Waals surface area contributed by atoms with Crippen LogP contribution in [0.3, 0.4) is 0 Å². The Morgan fingerprint density at radius 3 is 2.42 bits per heavy atom. The molecule has 132 valence electrons. The molecule has 7 nitrogen and oxygen atoms in total. The van der Waals surface area contributed by atoms with E-state index in [1.54, 1.807) is 30.3 Å². The summed E-state index contributed by atoms with van der Waals surface area (Å²) in [6, 6.07) is 8.40. The topological polar surface area (TPSA) is 88.1 Å². The first-order chi connectivity index (χ1) is 11.2. The van der Waals surface area contributed by atoms with Crippen molar-refractivity contribution in [2.24, 2.45) is 0 Å². The van der Waals surface area contributed by atoms with Crippen LogP contribution in [0.15, 0.2) is 30.3 Å². The van der Waals surface area contributed by atoms with Gasteiger partial charge in [-0.15, -0.1) is 0 Å². The molecule has 0 aliphatic carbocycles. The minimum atomic E-state index is -5.99. The maximum absolute atomic E-state index is 12.5. The Morgan fingerprint density at radius 2 is 1.79 bits per heavy atom. The van der Waals surface area contributed by atoms with E-state index >= 15 is 0 Å². The van der Waals surface area contributed by atoms with Crippen molar-refractivity contribution in [2.75, 3.05) is 6.61 Å². The average Bonchev–Trinajstić information content (AvgIpc) is 2.94. The van der Waals surface area contributed by atoms with Crippen LogP contribution in [0.5, 0.6) is 0 Å². The lowest BCUT2D eigenvalue weighted by Crippen LogP contribution is -2.52. The van der Waals surface area contributed by atoms with E-state index < -0.39 is 46.2 Å². The number of carbonyl (C=O) groups excluding carboxylic acids is 1. The molecule has 11 heteroatoms. The van der Waals surface area contributed by atoms with E-state index in [9.17, 15) is 26.4 Å². The van der Waals surface area contributed by atoms with Gasteiger partial charge in [-0.25, -0.2) is 8.98 Å². The molecule has 2 aliphatic rings. The van der Waals surface area contributed by atoms with Gasteiger partial charge < -0.3 is 14.2 Å². The molecule has 24 heavy (non-hydrogen) atoms. The number of cyclic esters (lactones) is 1. The summed E-state index contributed by atoms with van der Waals surface area (Å²) in [5, 5.41) is 0. The lowest BCUT2D eigenvalue weighted by atomic mass is 10.1. The van der Waals surface area contributed by atoms with Crippen molar-refractivity contribution in [1.82, 2.24) is 0 Å². The Bertz CT molecular complexity index is 719. The number of carbonyl (C=O) groups is 1. The average molecular weight is 368 g/mol. The summed E-state index contributed by atoms with van der Waals surface area (Å²) in [6.45, 7) is -0.279. The summed E-state index contributed by atoms with van der Waals surface area (Å²) in [6.07, 6.45) is -5.35. The second kappa shape index (κ2) is 5.99. The summed E-state index contributed by atoms with van der Waals surface area (Å²) in [5.41, 5.74) is -5.12. The highest BCUT2D eigenvalue weighted by molar-refractivity contribution is 7.87. The van der Waals surface area contributed by atoms with Crippen molar-refractivity contribution >= 4 is 16.1 Å². The normalized spacial score (nSPS) is 30.7. The minimum absolute atomic E-state index is 0.279. The van der Waals surface area contributed by atoms with Gasteiger partial charge in [0.05, 0.1) is 0 Å². The molecule has 4 atom stereocenters. The van der Waals surface area contributed by atoms with Gasteiger partial charge in [0.2, 0.25) is 6.10 Å². The molecule has 0 radical (unpaired) electrons. The number of ether oxygens (including phenoxy) is 3. The second-order valence-corrected chi connectivity index (χ2v) is 6.63. The van der Waals surface area contributed by atoms with Crippen molar-refractivity contribution in [3.8, 4) is 0 Å². The fourth-order valence-electron chi connectivity index (χ4n) is 2.33. The van der Waals surface area contributed by atoms with E-state index in [1.165, 1.54) is 0 Å². The molecule has 1 aromatic rings. The molecule has 2 saturated heterocycles. The molecule has 1 aromatic carbocycles. The lowest BCUT2D eigenvalue weighted by Gasteiger charge is -2.29. The van der Waals surface area contributed by atoms with Crippen LogP contribution in [0.25, 0.3) is 0 Å². The molecule has 0 saturated carbocycles. The molecular formula is C13H11F3O7S. The summed E-state index contributed by atoms with van der Waals surface area (Å²) >= 11 is 0. The van der Waals surface area contributed by atoms with Gasteiger partial charge in [0.15, 0.2) is 6.29 Å². The fourth-order valence-corrected chi connectivity index (χ4v) is 2.90. The number of alkyl halides is 3. The first kappa shape index (κ1) is 17.1. The molecule has 0 bridgehead atoms. The van der Waals surface area contributed by atoms with Crippen molar-refractivity contribution in [3.63, 3.8) is 0 Å². The van der Waals surface area contributed by atoms with Crippen LogP contribution in [-0.4, -0.2) is 44.8 Å². The Balaban J connectivity index is 1.82. The molecule has 2 heterocycles. The van der Waals surface area contributed by atoms with E-state index in [0.717, 1.165) is 0 Å². The number of hydrogen-bond acceptors (Lipinski definition) is 7. The number of esters is 1. The molecule has 0 N–H and O–H groups in total. The lowest BCUT2D eigenvalue weighted by molar-refractivity contribution is -0.171. The van der Waals surface area contributed by atoms with Crippen LogP contribution in [0.4, 0.5) is 13.2 Å². The fraction of sp³-hybridized carbons (Fsp3) is 0.462. The van der Waals surface area contributed by atoms with Crippen molar-refractivity contribution in [3.05, 3.63) is 35.9 Å². The predicted octanol–water partition coefficient (Wildman–Crippen LogP) is 1.26. The van der Waals surface area contributed by atoms with E-state index in [1.807, 2.05) is 0 Å². The number of benzene rings is 1. The minimum Gasteiger partial charge on any atom is -0.461 e. The van der Waals surface area contributed by atoms with Gasteiger partial charge in [-0.2, -0.15) is 21.6 Å². The first-order valence-corrected chi connectivity index (χ1v) is 8.12. The molecule has 3 rings (SSSR count). The number of halogens is 3. The molecular weight excluding hydrogens is 357 g/mol. The van der Waals surface area contributed by atoms with Crippen molar-refractivity contribution in [1.29, 1.82) is 0 Å². The van der Waals surface area contributed by atoms with Gasteiger partial charge in [0.25, 0.3) is 0 Å². The van der Waals surface area contributed by atoms with Crippen LogP contribution in [0.2, 0.25) is 0 Å². The summed E-state index contributed by atoms with van der Waals surface area (Å²) in [5.74, 6) is -1.26. The zero-order chi connectivity index (χ0) is 17.5. The third-order valence-corrected chi connectivity index (χ3v) is 4.48. The molecule has 4 unspecified atom stereocenters. The van der Waals surface area contributed by atoms with Gasteiger partial charge in [-0.1, -0.05) is 30.3 Å². The number of fused-ring (bicyclic) bond motifs is 1. The smallest absolute Gasteiger partial charge is 0.461 e. The van der Waals surface area contributed by atoms with Crippen LogP contribution in [-0.2, 0) is 33.3 Å². The monoisotopic (exact) mass is 368 g/mol. The largest absolute Gasteiger partial charge is 0.523 e. The van der Waals surface area contributed by atoms with Gasteiger partial charge >= 0.3 is 21.6 Å². The zero-order valence-electron chi connectivity index (χ0n) is 11.8. The molecule has 2 fully saturated rings. The predicted molar refractivity (Wildman–Crippen MR) is 69.7 cm³/mol. The standard InChI is InChI=1S/C13H11F3O7S/c14-13(15,16)24(18,19)23-10-9-8(6-20-11(10)17)21-12(22-9)7-4-2-1-3-5-7/h1-5,8-10,12H,6H2. The zero-order valence-corrected chi connectivity index (χ0v) is 12.6. The number of hydrogen-bond donors (Lipinski definition) is 0. The van der Waals surface area contributed by atoms with E-state index in [2.05, 4.69) is 8.92 Å². The van der Waals surface area contributed by atoms with Crippen LogP contribution >= 0.6 is 0 Å². The Kier molecular flexibility index (Phi) is 4.28. The van der Waals surface area contributed by atoms with Gasteiger partial charge in [-0.05, 0) is 0 Å². The van der Waals surface area contributed by atoms with E-state index in [0.29, 0.717) is 5.56 Å². The summed E-state index contributed by atoms with van der Waals surface area (Å²) in [4.78, 5) is 11.7. The van der Waals surface area contributed by atoms with Crippen molar-refractivity contribution in [2.45, 2.75) is 30.1 Å². The van der Waals surface area contributed by atoms with Crippen LogP contribution < -0.4 is 0 Å². The van der Waals surface area contributed by atoms with Gasteiger partial charge in [0, 0.05) is 5.56 Å². The summed E-state index contributed by atoms with van der Waals surface area (Å²) < 4.78 is 79.3. The molecule has 0 amide bonds. The number of rotatable bonds is 3. The highest BCUT2D eigenvalue weighted by Gasteiger charge is 2.56. The van der Waals surface area contributed by atoms with Crippen molar-refractivity contribution < 1.29 is 44.8 Å². The van der Waals surface area contributed by atoms with E-state index in [-0.39, 0.29) is 6.61 Å². The SMILES string of the molecule is O=C1OCC2OC(c3ccccc3)OC2C1OS(=O)(=O)C(F)(F)F. The van der Waals surface area contributed by atoms with Crippen LogP contribution in [0.1, 0.15) is 11.9 Å². The maximum atomic E-state index is 12.5. The molecule has 0 aromatic heterocycles. The highest BCUT2D eigenvalue weighted by Crippen LogP contribution is 2.37. The Hall–Kier alpha value is -1.69. The Labute approximate surface area is 134 Å². The van der Waals surface area contributed by atoms with Crippen LogP contribution in [0, 0.1) is 0 Å². The molecule has 0 spiro atoms. The maximum Gasteiger partial charge on any atom is 0.523 e. The van der Waals surface area contributed by atoms with Gasteiger partial charge in [-0.3, -0.25) is 0 Å². The third-order valence-electron chi connectivity index (χ3n) is 3.45. The second-order valence-electron chi connectivity index (χ2n) is 5.06. The molecule has 2 aliphatic heterocycles. The third kappa shape index (κ3) is 3.11. The van der Waals surface area contributed by atoms with Gasteiger partial charge in [0.1, 0.15) is 18.8 Å². The summed E-state index contributed by atoms with van der Waals surface area (Å²) in [7, 11) is -5.99. The first-order valence-electron chi connectivity index (χ1n) is 6.71. The van der Waals surface area contributed by atoms with E-state index in [4.69, 9.17) is 9.47 Å².